The number of rotatable bonds is 6. The molecule has 1 aromatic rings. The molecule has 150 valence electrons. The lowest BCUT2D eigenvalue weighted by molar-refractivity contribution is -0.137. The number of hydrogen-bond donors (Lipinski definition) is 1. The molecule has 5 nitrogen and oxygen atoms in total. The van der Waals surface area contributed by atoms with Crippen LogP contribution >= 0.6 is 0 Å². The first kappa shape index (κ1) is 20.2. The number of aryl methyl sites for hydroxylation is 1. The molecule has 1 aliphatic heterocycles. The predicted octanol–water partition coefficient (Wildman–Crippen LogP) is 3.18. The molecule has 5 heteroatoms. The molecular weight excluding hydrogens is 342 g/mol. The molecule has 1 fully saturated rings. The summed E-state index contributed by atoms with van der Waals surface area (Å²) in [7, 11) is 1.65. The Morgan fingerprint density at radius 3 is 2.67 bits per heavy atom. The molecule has 1 heterocycles. The van der Waals surface area contributed by atoms with Crippen LogP contribution in [0.1, 0.15) is 54.5 Å². The second-order valence-electron chi connectivity index (χ2n) is 8.02. The van der Waals surface area contributed by atoms with Crippen molar-refractivity contribution in [1.29, 1.82) is 0 Å². The summed E-state index contributed by atoms with van der Waals surface area (Å²) in [4.78, 5) is 14.8. The molecule has 0 bridgehead atoms. The van der Waals surface area contributed by atoms with Crippen LogP contribution < -0.4 is 4.74 Å². The van der Waals surface area contributed by atoms with E-state index in [0.29, 0.717) is 13.2 Å². The van der Waals surface area contributed by atoms with Gasteiger partial charge in [-0.05, 0) is 67.9 Å². The summed E-state index contributed by atoms with van der Waals surface area (Å²) in [6, 6.07) is 2.07. The summed E-state index contributed by atoms with van der Waals surface area (Å²) in [5.41, 5.74) is 4.33. The number of fused-ring (bicyclic) bond motifs is 1. The van der Waals surface area contributed by atoms with Gasteiger partial charge in [0.15, 0.2) is 0 Å². The van der Waals surface area contributed by atoms with Gasteiger partial charge in [-0.1, -0.05) is 6.92 Å². The number of amides is 1. The molecule has 3 rings (SSSR count). The molecule has 0 spiro atoms. The number of aliphatic hydroxyl groups excluding tert-OH is 1. The van der Waals surface area contributed by atoms with Gasteiger partial charge in [-0.25, -0.2) is 0 Å². The Morgan fingerprint density at radius 1 is 1.30 bits per heavy atom. The molecule has 2 aliphatic rings. The monoisotopic (exact) mass is 375 g/mol. The number of likely N-dealkylation sites (tertiary alicyclic amines) is 1. The van der Waals surface area contributed by atoms with E-state index in [-0.39, 0.29) is 17.7 Å². The molecule has 1 N–H and O–H groups in total. The van der Waals surface area contributed by atoms with E-state index in [1.165, 1.54) is 5.56 Å². The summed E-state index contributed by atoms with van der Waals surface area (Å²) < 4.78 is 11.0. The topological polar surface area (TPSA) is 59.0 Å². The van der Waals surface area contributed by atoms with Crippen LogP contribution in [0.4, 0.5) is 0 Å². The van der Waals surface area contributed by atoms with Crippen molar-refractivity contribution in [3.63, 3.8) is 0 Å². The highest BCUT2D eigenvalue weighted by Gasteiger charge is 2.38. The molecule has 0 aromatic heterocycles. The number of hydrogen-bond acceptors (Lipinski definition) is 4. The molecule has 0 radical (unpaired) electrons. The molecule has 0 saturated carbocycles. The van der Waals surface area contributed by atoms with Crippen LogP contribution in [0.25, 0.3) is 0 Å². The molecule has 1 aromatic carbocycles. The maximum Gasteiger partial charge on any atom is 0.225 e. The smallest absolute Gasteiger partial charge is 0.225 e. The summed E-state index contributed by atoms with van der Waals surface area (Å²) in [5.74, 6) is 0.797. The van der Waals surface area contributed by atoms with Crippen LogP contribution in [0.2, 0.25) is 0 Å². The second kappa shape index (κ2) is 8.61. The van der Waals surface area contributed by atoms with Gasteiger partial charge in [0.2, 0.25) is 5.91 Å². The highest BCUT2D eigenvalue weighted by Crippen LogP contribution is 2.44. The zero-order valence-electron chi connectivity index (χ0n) is 17.1. The molecule has 1 aliphatic carbocycles. The van der Waals surface area contributed by atoms with Gasteiger partial charge in [-0.3, -0.25) is 4.79 Å². The first-order chi connectivity index (χ1) is 13.0. The van der Waals surface area contributed by atoms with Gasteiger partial charge in [-0.2, -0.15) is 0 Å². The molecule has 3 atom stereocenters. The van der Waals surface area contributed by atoms with Crippen molar-refractivity contribution in [2.45, 2.75) is 52.6 Å². The molecule has 27 heavy (non-hydrogen) atoms. The minimum absolute atomic E-state index is 0.0436. The third-order valence-corrected chi connectivity index (χ3v) is 6.35. The average Bonchev–Trinajstić information content (AvgIpc) is 3.19. The van der Waals surface area contributed by atoms with E-state index in [1.807, 2.05) is 18.7 Å². The lowest BCUT2D eigenvalue weighted by Gasteiger charge is -2.37. The van der Waals surface area contributed by atoms with Crippen molar-refractivity contribution in [3.05, 3.63) is 28.3 Å². The number of carbonyl (C=O) groups is 1. The normalized spacial score (nSPS) is 23.2. The number of nitrogens with zero attached hydrogens (tertiary/aromatic N) is 1. The fourth-order valence-electron chi connectivity index (χ4n) is 4.70. The van der Waals surface area contributed by atoms with Crippen LogP contribution in [-0.2, 0) is 16.0 Å². The minimum atomic E-state index is -0.625. The predicted molar refractivity (Wildman–Crippen MR) is 105 cm³/mol. The average molecular weight is 376 g/mol. The Labute approximate surface area is 162 Å². The fourth-order valence-corrected chi connectivity index (χ4v) is 4.70. The summed E-state index contributed by atoms with van der Waals surface area (Å²) in [6.07, 6.45) is 3.31. The number of benzene rings is 1. The largest absolute Gasteiger partial charge is 0.491 e. The van der Waals surface area contributed by atoms with Gasteiger partial charge in [0.25, 0.3) is 0 Å². The Kier molecular flexibility index (Phi) is 6.43. The van der Waals surface area contributed by atoms with Gasteiger partial charge in [0, 0.05) is 32.0 Å². The fraction of sp³-hybridized carbons (Fsp3) is 0.682. The lowest BCUT2D eigenvalue weighted by Crippen LogP contribution is -2.39. The maximum atomic E-state index is 12.9. The van der Waals surface area contributed by atoms with E-state index in [1.54, 1.807) is 7.11 Å². The quantitative estimate of drug-likeness (QED) is 0.776. The van der Waals surface area contributed by atoms with Gasteiger partial charge in [-0.15, -0.1) is 0 Å². The van der Waals surface area contributed by atoms with Crippen molar-refractivity contribution >= 4 is 5.91 Å². The van der Waals surface area contributed by atoms with Crippen LogP contribution in [0.3, 0.4) is 0 Å². The molecule has 1 saturated heterocycles. The van der Waals surface area contributed by atoms with Crippen LogP contribution in [0.5, 0.6) is 5.75 Å². The Balaban J connectivity index is 1.84. The molecule has 1 amide bonds. The number of methoxy groups -OCH3 is 1. The van der Waals surface area contributed by atoms with Crippen LogP contribution in [0.15, 0.2) is 6.07 Å². The minimum Gasteiger partial charge on any atom is -0.491 e. The Morgan fingerprint density at radius 2 is 2.00 bits per heavy atom. The van der Waals surface area contributed by atoms with Crippen molar-refractivity contribution in [3.8, 4) is 5.75 Å². The summed E-state index contributed by atoms with van der Waals surface area (Å²) >= 11 is 0. The van der Waals surface area contributed by atoms with Crippen molar-refractivity contribution < 1.29 is 19.4 Å². The van der Waals surface area contributed by atoms with E-state index >= 15 is 0 Å². The number of ether oxygens (including phenoxy) is 2. The van der Waals surface area contributed by atoms with E-state index < -0.39 is 6.10 Å². The van der Waals surface area contributed by atoms with E-state index in [0.717, 1.165) is 61.2 Å². The Bertz CT molecular complexity index is 681. The van der Waals surface area contributed by atoms with Crippen molar-refractivity contribution in [2.24, 2.45) is 11.8 Å². The second-order valence-corrected chi connectivity index (χ2v) is 8.02. The summed E-state index contributed by atoms with van der Waals surface area (Å²) in [5, 5.41) is 11.2. The first-order valence-electron chi connectivity index (χ1n) is 10.2. The van der Waals surface area contributed by atoms with Crippen LogP contribution in [-0.4, -0.2) is 49.3 Å². The summed E-state index contributed by atoms with van der Waals surface area (Å²) in [6.45, 7) is 8.81. The van der Waals surface area contributed by atoms with Gasteiger partial charge in [0.05, 0.1) is 12.7 Å². The highest BCUT2D eigenvalue weighted by atomic mass is 16.5. The van der Waals surface area contributed by atoms with Crippen LogP contribution in [0, 0.1) is 25.7 Å². The van der Waals surface area contributed by atoms with Crippen molar-refractivity contribution in [1.82, 2.24) is 4.90 Å². The zero-order valence-corrected chi connectivity index (χ0v) is 17.1. The van der Waals surface area contributed by atoms with E-state index in [4.69, 9.17) is 9.47 Å². The zero-order chi connectivity index (χ0) is 19.6. The van der Waals surface area contributed by atoms with Gasteiger partial charge < -0.3 is 19.5 Å². The SMILES string of the molecule is COCCOc1cc(C)c2c(c1C)[C@H](O)[C@H]([C@H](C)C(=O)N1CCCC1)CC2. The lowest BCUT2D eigenvalue weighted by atomic mass is 9.72. The molecular formula is C22H33NO4. The third-order valence-electron chi connectivity index (χ3n) is 6.35. The standard InChI is InChI=1S/C22H33NO4/c1-14-13-19(27-12-11-26-4)16(3)20-17(14)7-8-18(21(20)24)15(2)22(25)23-9-5-6-10-23/h13,15,18,21,24H,5-12H2,1-4H3/t15-,18-,21+/m0/s1. The van der Waals surface area contributed by atoms with E-state index in [2.05, 4.69) is 13.0 Å². The maximum absolute atomic E-state index is 12.9. The molecule has 0 unspecified atom stereocenters. The highest BCUT2D eigenvalue weighted by molar-refractivity contribution is 5.79. The third kappa shape index (κ3) is 3.99. The van der Waals surface area contributed by atoms with Crippen molar-refractivity contribution in [2.75, 3.05) is 33.4 Å². The van der Waals surface area contributed by atoms with Gasteiger partial charge in [0.1, 0.15) is 12.4 Å². The first-order valence-corrected chi connectivity index (χ1v) is 10.2. The number of aliphatic hydroxyl groups is 1. The van der Waals surface area contributed by atoms with E-state index in [9.17, 15) is 9.90 Å². The number of carbonyl (C=O) groups excluding carboxylic acids is 1. The van der Waals surface area contributed by atoms with Gasteiger partial charge >= 0.3 is 0 Å². The Hall–Kier alpha value is -1.59.